The zero-order valence-electron chi connectivity index (χ0n) is 11.5. The van der Waals surface area contributed by atoms with E-state index in [-0.39, 0.29) is 5.91 Å². The fraction of sp³-hybridized carbons (Fsp3) is 0.467. The first-order chi connectivity index (χ1) is 9.72. The summed E-state index contributed by atoms with van der Waals surface area (Å²) >= 11 is 0. The van der Waals surface area contributed by atoms with Gasteiger partial charge in [-0.3, -0.25) is 4.79 Å². The fourth-order valence-electron chi connectivity index (χ4n) is 2.22. The molecule has 1 N–H and O–H groups in total. The Labute approximate surface area is 118 Å². The van der Waals surface area contributed by atoms with E-state index in [0.29, 0.717) is 18.6 Å². The summed E-state index contributed by atoms with van der Waals surface area (Å²) in [6, 6.07) is 8.25. The molecule has 108 valence electrons. The molecule has 5 heteroatoms. The average molecular weight is 277 g/mol. The standard InChI is InChI=1S/C15H19NO4/c1-19-15(18)13(11-7-3-2-4-8-11)16-14(17)12-9-5-6-10-20-12/h2-4,7-8,12-13H,5-6,9-10H2,1H3,(H,16,17). The largest absolute Gasteiger partial charge is 0.467 e. The third kappa shape index (κ3) is 3.57. The van der Waals surface area contributed by atoms with Crippen LogP contribution in [0.15, 0.2) is 30.3 Å². The highest BCUT2D eigenvalue weighted by molar-refractivity contribution is 5.87. The molecule has 0 aromatic heterocycles. The first-order valence-corrected chi connectivity index (χ1v) is 6.77. The Morgan fingerprint density at radius 3 is 2.65 bits per heavy atom. The van der Waals surface area contributed by atoms with Gasteiger partial charge in [-0.05, 0) is 24.8 Å². The summed E-state index contributed by atoms with van der Waals surface area (Å²) in [7, 11) is 1.31. The minimum absolute atomic E-state index is 0.260. The van der Waals surface area contributed by atoms with Gasteiger partial charge >= 0.3 is 5.97 Å². The van der Waals surface area contributed by atoms with Gasteiger partial charge in [-0.2, -0.15) is 0 Å². The molecule has 0 aliphatic carbocycles. The number of carbonyl (C=O) groups excluding carboxylic acids is 2. The van der Waals surface area contributed by atoms with Crippen LogP contribution in [0.3, 0.4) is 0 Å². The van der Waals surface area contributed by atoms with Crippen LogP contribution in [0.25, 0.3) is 0 Å². The molecule has 20 heavy (non-hydrogen) atoms. The molecule has 2 unspecified atom stereocenters. The topological polar surface area (TPSA) is 64.6 Å². The summed E-state index contributed by atoms with van der Waals surface area (Å²) in [5.74, 6) is -0.746. The first-order valence-electron chi connectivity index (χ1n) is 6.77. The number of rotatable bonds is 4. The van der Waals surface area contributed by atoms with Crippen LogP contribution >= 0.6 is 0 Å². The predicted octanol–water partition coefficient (Wildman–Crippen LogP) is 1.59. The second-order valence-corrected chi connectivity index (χ2v) is 4.73. The number of amides is 1. The van der Waals surface area contributed by atoms with Crippen LogP contribution in [0.5, 0.6) is 0 Å². The summed E-state index contributed by atoms with van der Waals surface area (Å²) in [6.45, 7) is 0.590. The van der Waals surface area contributed by atoms with Crippen molar-refractivity contribution in [2.45, 2.75) is 31.4 Å². The summed E-state index contributed by atoms with van der Waals surface area (Å²) < 4.78 is 10.2. The third-order valence-corrected chi connectivity index (χ3v) is 3.33. The van der Waals surface area contributed by atoms with Gasteiger partial charge in [0.1, 0.15) is 6.10 Å². The molecule has 1 aliphatic rings. The Morgan fingerprint density at radius 2 is 2.05 bits per heavy atom. The number of nitrogens with one attached hydrogen (secondary N) is 1. The van der Waals surface area contributed by atoms with Crippen molar-refractivity contribution in [2.24, 2.45) is 0 Å². The monoisotopic (exact) mass is 277 g/mol. The van der Waals surface area contributed by atoms with Crippen LogP contribution in [0.1, 0.15) is 30.9 Å². The van der Waals surface area contributed by atoms with Gasteiger partial charge in [0, 0.05) is 6.61 Å². The van der Waals surface area contributed by atoms with E-state index in [1.807, 2.05) is 18.2 Å². The van der Waals surface area contributed by atoms with E-state index in [0.717, 1.165) is 12.8 Å². The molecule has 2 rings (SSSR count). The number of carbonyl (C=O) groups is 2. The highest BCUT2D eigenvalue weighted by Crippen LogP contribution is 2.17. The number of esters is 1. The smallest absolute Gasteiger partial charge is 0.333 e. The van der Waals surface area contributed by atoms with Crippen LogP contribution in [-0.4, -0.2) is 31.7 Å². The lowest BCUT2D eigenvalue weighted by Crippen LogP contribution is -2.42. The van der Waals surface area contributed by atoms with E-state index in [9.17, 15) is 9.59 Å². The lowest BCUT2D eigenvalue weighted by molar-refractivity contribution is -0.148. The molecule has 0 radical (unpaired) electrons. The maximum Gasteiger partial charge on any atom is 0.333 e. The Morgan fingerprint density at radius 1 is 1.30 bits per heavy atom. The molecule has 1 saturated heterocycles. The van der Waals surface area contributed by atoms with Crippen LogP contribution < -0.4 is 5.32 Å². The van der Waals surface area contributed by atoms with Gasteiger partial charge in [0.25, 0.3) is 0 Å². The van der Waals surface area contributed by atoms with Crippen molar-refractivity contribution in [1.29, 1.82) is 0 Å². The van der Waals surface area contributed by atoms with Gasteiger partial charge < -0.3 is 14.8 Å². The quantitative estimate of drug-likeness (QED) is 0.849. The van der Waals surface area contributed by atoms with E-state index < -0.39 is 18.1 Å². The Bertz CT molecular complexity index is 454. The molecule has 1 amide bonds. The van der Waals surface area contributed by atoms with Crippen molar-refractivity contribution in [2.75, 3.05) is 13.7 Å². The molecule has 0 saturated carbocycles. The summed E-state index contributed by atoms with van der Waals surface area (Å²) in [4.78, 5) is 24.0. The summed E-state index contributed by atoms with van der Waals surface area (Å²) in [6.07, 6.45) is 2.16. The highest BCUT2D eigenvalue weighted by atomic mass is 16.5. The van der Waals surface area contributed by atoms with Crippen molar-refractivity contribution in [3.05, 3.63) is 35.9 Å². The van der Waals surface area contributed by atoms with Gasteiger partial charge in [0.05, 0.1) is 7.11 Å². The number of hydrogen-bond donors (Lipinski definition) is 1. The minimum Gasteiger partial charge on any atom is -0.467 e. The van der Waals surface area contributed by atoms with Crippen molar-refractivity contribution < 1.29 is 19.1 Å². The van der Waals surface area contributed by atoms with Gasteiger partial charge in [-0.1, -0.05) is 30.3 Å². The summed E-state index contributed by atoms with van der Waals surface area (Å²) in [5, 5.41) is 2.72. The number of benzene rings is 1. The molecule has 2 atom stereocenters. The lowest BCUT2D eigenvalue weighted by Gasteiger charge is -2.24. The van der Waals surface area contributed by atoms with Gasteiger partial charge in [0.2, 0.25) is 5.91 Å². The van der Waals surface area contributed by atoms with Gasteiger partial charge in [0.15, 0.2) is 6.04 Å². The van der Waals surface area contributed by atoms with E-state index in [1.165, 1.54) is 7.11 Å². The summed E-state index contributed by atoms with van der Waals surface area (Å²) in [5.41, 5.74) is 0.698. The molecule has 1 fully saturated rings. The van der Waals surface area contributed by atoms with E-state index >= 15 is 0 Å². The van der Waals surface area contributed by atoms with Crippen molar-refractivity contribution in [3.8, 4) is 0 Å². The molecular weight excluding hydrogens is 258 g/mol. The van der Waals surface area contributed by atoms with Crippen LogP contribution in [0.2, 0.25) is 0 Å². The second-order valence-electron chi connectivity index (χ2n) is 4.73. The predicted molar refractivity (Wildman–Crippen MR) is 72.9 cm³/mol. The second kappa shape index (κ2) is 7.05. The van der Waals surface area contributed by atoms with Crippen molar-refractivity contribution in [3.63, 3.8) is 0 Å². The molecule has 1 aliphatic heterocycles. The van der Waals surface area contributed by atoms with E-state index in [2.05, 4.69) is 5.32 Å². The molecule has 1 aromatic rings. The zero-order chi connectivity index (χ0) is 14.4. The van der Waals surface area contributed by atoms with Crippen LogP contribution in [0, 0.1) is 0 Å². The average Bonchev–Trinajstić information content (AvgIpc) is 2.53. The maximum atomic E-state index is 12.2. The maximum absolute atomic E-state index is 12.2. The van der Waals surface area contributed by atoms with Gasteiger partial charge in [-0.15, -0.1) is 0 Å². The minimum atomic E-state index is -0.792. The zero-order valence-corrected chi connectivity index (χ0v) is 11.5. The van der Waals surface area contributed by atoms with Crippen LogP contribution in [0.4, 0.5) is 0 Å². The Hall–Kier alpha value is -1.88. The van der Waals surface area contributed by atoms with E-state index in [1.54, 1.807) is 12.1 Å². The SMILES string of the molecule is COC(=O)C(NC(=O)C1CCCCO1)c1ccccc1. The first kappa shape index (κ1) is 14.5. The normalized spacial score (nSPS) is 19.9. The fourth-order valence-corrected chi connectivity index (χ4v) is 2.22. The lowest BCUT2D eigenvalue weighted by atomic mass is 10.0. The number of hydrogen-bond acceptors (Lipinski definition) is 4. The van der Waals surface area contributed by atoms with Crippen LogP contribution in [-0.2, 0) is 19.1 Å². The van der Waals surface area contributed by atoms with E-state index in [4.69, 9.17) is 9.47 Å². The number of ether oxygens (including phenoxy) is 2. The molecular formula is C15H19NO4. The third-order valence-electron chi connectivity index (χ3n) is 3.33. The molecule has 5 nitrogen and oxygen atoms in total. The Kier molecular flexibility index (Phi) is 5.12. The van der Waals surface area contributed by atoms with Gasteiger partial charge in [-0.25, -0.2) is 4.79 Å². The van der Waals surface area contributed by atoms with Crippen molar-refractivity contribution in [1.82, 2.24) is 5.32 Å². The molecule has 0 bridgehead atoms. The Balaban J connectivity index is 2.08. The molecule has 0 spiro atoms. The molecule has 1 heterocycles. The number of methoxy groups -OCH3 is 1. The molecule has 1 aromatic carbocycles. The van der Waals surface area contributed by atoms with Crippen molar-refractivity contribution >= 4 is 11.9 Å². The highest BCUT2D eigenvalue weighted by Gasteiger charge is 2.28.